The topological polar surface area (TPSA) is 49.8 Å². The molecular weight excluding hydrogens is 345 g/mol. The summed E-state index contributed by atoms with van der Waals surface area (Å²) in [5, 5.41) is 11.5. The molecule has 0 spiro atoms. The molecule has 0 radical (unpaired) electrons. The van der Waals surface area contributed by atoms with Gasteiger partial charge in [0.1, 0.15) is 6.10 Å². The second kappa shape index (κ2) is 5.63. The average molecular weight is 369 g/mol. The lowest BCUT2D eigenvalue weighted by atomic mass is 9.97. The quantitative estimate of drug-likeness (QED) is 0.470. The van der Waals surface area contributed by atoms with E-state index < -0.39 is 5.54 Å². The minimum absolute atomic E-state index is 0.0442. The zero-order chi connectivity index (χ0) is 14.1. The van der Waals surface area contributed by atoms with Crippen LogP contribution in [0.3, 0.4) is 0 Å². The lowest BCUT2D eigenvalue weighted by molar-refractivity contribution is -0.206. The Kier molecular flexibility index (Phi) is 5.06. The number of rotatable bonds is 4. The van der Waals surface area contributed by atoms with Crippen LogP contribution < -0.4 is 0 Å². The molecule has 18 heavy (non-hydrogen) atoms. The van der Waals surface area contributed by atoms with Crippen LogP contribution in [0.5, 0.6) is 0 Å². The molecule has 0 saturated carbocycles. The maximum atomic E-state index is 12.0. The molecule has 0 aromatic heterocycles. The zero-order valence-corrected chi connectivity index (χ0v) is 14.0. The second-order valence-corrected chi connectivity index (χ2v) is 7.05. The first-order valence-electron chi connectivity index (χ1n) is 6.42. The van der Waals surface area contributed by atoms with Crippen molar-refractivity contribution in [1.29, 1.82) is 0 Å². The number of carbonyl (C=O) groups excluding carboxylic acids is 1. The van der Waals surface area contributed by atoms with Crippen LogP contribution in [0.15, 0.2) is 0 Å². The van der Waals surface area contributed by atoms with Crippen LogP contribution >= 0.6 is 22.6 Å². The van der Waals surface area contributed by atoms with Crippen LogP contribution in [0.2, 0.25) is 0 Å². The van der Waals surface area contributed by atoms with Gasteiger partial charge < -0.3 is 9.94 Å². The molecule has 1 heterocycles. The first-order valence-corrected chi connectivity index (χ1v) is 7.95. The summed E-state index contributed by atoms with van der Waals surface area (Å²) in [5.74, 6) is -0.187. The summed E-state index contributed by atoms with van der Waals surface area (Å²) in [5.41, 5.74) is -0.900. The van der Waals surface area contributed by atoms with Crippen molar-refractivity contribution in [3.8, 4) is 0 Å². The number of alkyl halides is 1. The van der Waals surface area contributed by atoms with Gasteiger partial charge in [-0.15, -0.1) is 0 Å². The van der Waals surface area contributed by atoms with Gasteiger partial charge in [-0.2, -0.15) is 5.06 Å². The number of nitrogens with zero attached hydrogens (tertiary/aromatic N) is 1. The fraction of sp³-hybridized carbons (Fsp3) is 0.923. The van der Waals surface area contributed by atoms with Gasteiger partial charge in [0.25, 0.3) is 0 Å². The first-order chi connectivity index (χ1) is 8.16. The van der Waals surface area contributed by atoms with Crippen molar-refractivity contribution in [2.75, 3.05) is 4.43 Å². The summed E-state index contributed by atoms with van der Waals surface area (Å²) < 4.78 is 6.40. The Morgan fingerprint density at radius 3 is 2.39 bits per heavy atom. The molecule has 1 rings (SSSR count). The zero-order valence-electron chi connectivity index (χ0n) is 11.9. The fourth-order valence-corrected chi connectivity index (χ4v) is 3.45. The van der Waals surface area contributed by atoms with Crippen molar-refractivity contribution in [2.24, 2.45) is 5.92 Å². The van der Waals surface area contributed by atoms with Gasteiger partial charge in [0, 0.05) is 16.4 Å². The predicted molar refractivity (Wildman–Crippen MR) is 78.9 cm³/mol. The second-order valence-electron chi connectivity index (χ2n) is 6.17. The third-order valence-electron chi connectivity index (χ3n) is 3.86. The molecule has 1 fully saturated rings. The summed E-state index contributed by atoms with van der Waals surface area (Å²) in [7, 11) is 0. The summed E-state index contributed by atoms with van der Waals surface area (Å²) >= 11 is 2.21. The summed E-state index contributed by atoms with van der Waals surface area (Å²) in [4.78, 5) is 12.0. The lowest BCUT2D eigenvalue weighted by Gasteiger charge is -2.35. The molecule has 1 aliphatic heterocycles. The minimum atomic E-state index is -0.539. The molecule has 1 saturated heterocycles. The maximum Gasteiger partial charge on any atom is 0.310 e. The molecule has 0 aliphatic carbocycles. The van der Waals surface area contributed by atoms with Crippen molar-refractivity contribution < 1.29 is 14.7 Å². The van der Waals surface area contributed by atoms with Crippen LogP contribution in [0.4, 0.5) is 0 Å². The first kappa shape index (κ1) is 16.2. The highest BCUT2D eigenvalue weighted by atomic mass is 127. The van der Waals surface area contributed by atoms with Gasteiger partial charge >= 0.3 is 5.97 Å². The molecule has 4 nitrogen and oxygen atoms in total. The van der Waals surface area contributed by atoms with Crippen LogP contribution in [0.1, 0.15) is 47.5 Å². The number of ether oxygens (including phenoxy) is 1. The van der Waals surface area contributed by atoms with Gasteiger partial charge in [0.15, 0.2) is 0 Å². The van der Waals surface area contributed by atoms with E-state index in [4.69, 9.17) is 4.74 Å². The third kappa shape index (κ3) is 2.99. The SMILES string of the molecule is CCC(CI)C(=O)OC1CC(C)(C)N(O)C1(C)C. The van der Waals surface area contributed by atoms with Crippen LogP contribution in [0.25, 0.3) is 0 Å². The van der Waals surface area contributed by atoms with E-state index in [1.807, 2.05) is 34.6 Å². The number of halogens is 1. The molecule has 2 atom stereocenters. The van der Waals surface area contributed by atoms with Crippen LogP contribution in [-0.2, 0) is 9.53 Å². The highest BCUT2D eigenvalue weighted by Crippen LogP contribution is 2.41. The normalized spacial score (nSPS) is 28.1. The maximum absolute atomic E-state index is 12.0. The van der Waals surface area contributed by atoms with E-state index in [0.29, 0.717) is 6.42 Å². The predicted octanol–water partition coefficient (Wildman–Crippen LogP) is 3.01. The van der Waals surface area contributed by atoms with E-state index >= 15 is 0 Å². The standard InChI is InChI=1S/C13H24INO3/c1-6-9(8-14)11(16)18-10-7-12(2,3)15(17)13(10,4)5/h9-10,17H,6-8H2,1-5H3. The fourth-order valence-electron chi connectivity index (χ4n) is 2.47. The van der Waals surface area contributed by atoms with Crippen LogP contribution in [0, 0.1) is 5.92 Å². The Labute approximate surface area is 123 Å². The van der Waals surface area contributed by atoms with Crippen molar-refractivity contribution in [3.05, 3.63) is 0 Å². The molecule has 0 aromatic carbocycles. The molecule has 1 aliphatic rings. The Bertz CT molecular complexity index is 313. The average Bonchev–Trinajstić information content (AvgIpc) is 2.41. The van der Waals surface area contributed by atoms with Crippen molar-refractivity contribution in [2.45, 2.75) is 64.6 Å². The third-order valence-corrected chi connectivity index (χ3v) is 4.93. The number of carbonyl (C=O) groups is 1. The highest BCUT2D eigenvalue weighted by Gasteiger charge is 2.53. The Morgan fingerprint density at radius 2 is 2.06 bits per heavy atom. The minimum Gasteiger partial charge on any atom is -0.460 e. The molecule has 0 bridgehead atoms. The van der Waals surface area contributed by atoms with E-state index in [-0.39, 0.29) is 23.5 Å². The van der Waals surface area contributed by atoms with Crippen molar-refractivity contribution >= 4 is 28.6 Å². The summed E-state index contributed by atoms with van der Waals surface area (Å²) in [6.45, 7) is 9.72. The Morgan fingerprint density at radius 1 is 1.50 bits per heavy atom. The number of hydrogen-bond donors (Lipinski definition) is 1. The van der Waals surface area contributed by atoms with Gasteiger partial charge in [-0.1, -0.05) is 29.5 Å². The van der Waals surface area contributed by atoms with Crippen LogP contribution in [-0.4, -0.2) is 37.8 Å². The van der Waals surface area contributed by atoms with E-state index in [2.05, 4.69) is 22.6 Å². The Hall–Kier alpha value is 0.120. The van der Waals surface area contributed by atoms with Crippen molar-refractivity contribution in [1.82, 2.24) is 5.06 Å². The smallest absolute Gasteiger partial charge is 0.310 e. The van der Waals surface area contributed by atoms with Crippen molar-refractivity contribution in [3.63, 3.8) is 0 Å². The number of hydroxylamine groups is 2. The van der Waals surface area contributed by atoms with Gasteiger partial charge in [-0.05, 0) is 34.1 Å². The molecule has 2 unspecified atom stereocenters. The monoisotopic (exact) mass is 369 g/mol. The molecule has 0 amide bonds. The molecular formula is C13H24INO3. The van der Waals surface area contributed by atoms with E-state index in [1.54, 1.807) is 0 Å². The van der Waals surface area contributed by atoms with Gasteiger partial charge in [0.05, 0.1) is 11.5 Å². The van der Waals surface area contributed by atoms with E-state index in [1.165, 1.54) is 5.06 Å². The number of esters is 1. The van der Waals surface area contributed by atoms with E-state index in [9.17, 15) is 10.0 Å². The van der Waals surface area contributed by atoms with Gasteiger partial charge in [0.2, 0.25) is 0 Å². The number of hydrogen-bond acceptors (Lipinski definition) is 4. The molecule has 1 N–H and O–H groups in total. The van der Waals surface area contributed by atoms with Gasteiger partial charge in [-0.3, -0.25) is 4.79 Å². The molecule has 0 aromatic rings. The molecule has 5 heteroatoms. The summed E-state index contributed by atoms with van der Waals surface area (Å²) in [6, 6.07) is 0. The lowest BCUT2D eigenvalue weighted by Crippen LogP contribution is -2.49. The van der Waals surface area contributed by atoms with E-state index in [0.717, 1.165) is 10.8 Å². The van der Waals surface area contributed by atoms with Gasteiger partial charge in [-0.25, -0.2) is 0 Å². The molecule has 106 valence electrons. The largest absolute Gasteiger partial charge is 0.460 e. The Balaban J connectivity index is 2.77. The highest BCUT2D eigenvalue weighted by molar-refractivity contribution is 14.1. The summed E-state index contributed by atoms with van der Waals surface area (Å²) in [6.07, 6.45) is 1.18.